The van der Waals surface area contributed by atoms with Crippen molar-refractivity contribution in [2.75, 3.05) is 13.6 Å². The molecule has 0 fully saturated rings. The maximum absolute atomic E-state index is 13.1. The van der Waals surface area contributed by atoms with Gasteiger partial charge in [-0.15, -0.1) is 0 Å². The van der Waals surface area contributed by atoms with Gasteiger partial charge in [-0.3, -0.25) is 14.7 Å². The van der Waals surface area contributed by atoms with Crippen molar-refractivity contribution in [2.45, 2.75) is 18.8 Å². The van der Waals surface area contributed by atoms with Crippen LogP contribution in [0.5, 0.6) is 0 Å². The lowest BCUT2D eigenvalue weighted by Crippen LogP contribution is -2.45. The molecule has 0 aliphatic carbocycles. The van der Waals surface area contributed by atoms with Gasteiger partial charge in [-0.25, -0.2) is 4.79 Å². The lowest BCUT2D eigenvalue weighted by molar-refractivity contribution is -0.137. The molecule has 4 rings (SSSR count). The Kier molecular flexibility index (Phi) is 4.52. The Morgan fingerprint density at radius 3 is 2.52 bits per heavy atom. The van der Waals surface area contributed by atoms with E-state index in [0.29, 0.717) is 23.4 Å². The van der Waals surface area contributed by atoms with Gasteiger partial charge in [-0.1, -0.05) is 18.2 Å². The normalized spacial score (nSPS) is 19.5. The van der Waals surface area contributed by atoms with E-state index in [1.807, 2.05) is 6.07 Å². The van der Waals surface area contributed by atoms with Crippen molar-refractivity contribution in [3.63, 3.8) is 0 Å². The molecular formula is C20H17F3N4O2. The van der Waals surface area contributed by atoms with E-state index in [2.05, 4.69) is 10.3 Å². The number of carbonyl (C=O) groups excluding carboxylic acids is 2. The number of nitrogens with zero attached hydrogens (tertiary/aromatic N) is 3. The van der Waals surface area contributed by atoms with E-state index in [-0.39, 0.29) is 12.5 Å². The van der Waals surface area contributed by atoms with Gasteiger partial charge in [0.25, 0.3) is 5.91 Å². The van der Waals surface area contributed by atoms with E-state index in [9.17, 15) is 22.8 Å². The number of aromatic nitrogens is 1. The molecule has 0 spiro atoms. The first-order chi connectivity index (χ1) is 13.8. The zero-order chi connectivity index (χ0) is 20.8. The Labute approximate surface area is 164 Å². The maximum Gasteiger partial charge on any atom is 0.416 e. The highest BCUT2D eigenvalue weighted by Gasteiger charge is 2.43. The molecule has 1 aromatic carbocycles. The van der Waals surface area contributed by atoms with Gasteiger partial charge < -0.3 is 10.2 Å². The predicted molar refractivity (Wildman–Crippen MR) is 97.2 cm³/mol. The van der Waals surface area contributed by atoms with Crippen LogP contribution in [0.25, 0.3) is 0 Å². The van der Waals surface area contributed by atoms with Gasteiger partial charge in [0.15, 0.2) is 0 Å². The fraction of sp³-hybridized carbons (Fsp3) is 0.250. The van der Waals surface area contributed by atoms with Crippen molar-refractivity contribution < 1.29 is 22.8 Å². The molecule has 1 aromatic heterocycles. The Hall–Kier alpha value is -3.36. The first-order valence-corrected chi connectivity index (χ1v) is 8.88. The van der Waals surface area contributed by atoms with Gasteiger partial charge in [-0.05, 0) is 29.3 Å². The molecule has 3 amide bonds. The molecule has 3 heterocycles. The molecule has 6 nitrogen and oxygen atoms in total. The monoisotopic (exact) mass is 402 g/mol. The van der Waals surface area contributed by atoms with Crippen LogP contribution in [0.1, 0.15) is 22.7 Å². The minimum absolute atomic E-state index is 0.240. The third-order valence-electron chi connectivity index (χ3n) is 5.10. The molecule has 1 N–H and O–H groups in total. The number of halogens is 3. The standard InChI is InChI=1S/C20H17F3N4O2/c1-26-15-11-27(10-12-3-2-8-24-9-12)18(28)16(15)17(25-19(26)29)13-4-6-14(7-5-13)20(21,22)23/h2-9,17H,10-11H2,1H3,(H,25,29). The van der Waals surface area contributed by atoms with Crippen LogP contribution in [0, 0.1) is 0 Å². The second-order valence-corrected chi connectivity index (χ2v) is 6.94. The molecule has 2 aromatic rings. The number of hydrogen-bond donors (Lipinski definition) is 1. The molecule has 29 heavy (non-hydrogen) atoms. The summed E-state index contributed by atoms with van der Waals surface area (Å²) in [6.45, 7) is 0.561. The predicted octanol–water partition coefficient (Wildman–Crippen LogP) is 3.09. The number of hydrogen-bond acceptors (Lipinski definition) is 3. The summed E-state index contributed by atoms with van der Waals surface area (Å²) in [6, 6.07) is 6.89. The van der Waals surface area contributed by atoms with Crippen molar-refractivity contribution in [2.24, 2.45) is 0 Å². The van der Waals surface area contributed by atoms with E-state index in [4.69, 9.17) is 0 Å². The molecule has 0 radical (unpaired) electrons. The molecule has 2 aliphatic rings. The second kappa shape index (κ2) is 6.91. The Balaban J connectivity index is 1.65. The number of amides is 3. The fourth-order valence-corrected chi connectivity index (χ4v) is 3.58. The van der Waals surface area contributed by atoms with Gasteiger partial charge >= 0.3 is 12.2 Å². The van der Waals surface area contributed by atoms with Crippen LogP contribution in [-0.2, 0) is 17.5 Å². The van der Waals surface area contributed by atoms with E-state index in [1.54, 1.807) is 30.4 Å². The van der Waals surface area contributed by atoms with E-state index in [1.165, 1.54) is 17.0 Å². The summed E-state index contributed by atoms with van der Waals surface area (Å²) in [5.74, 6) is -0.263. The molecule has 2 aliphatic heterocycles. The topological polar surface area (TPSA) is 65.5 Å². The Bertz CT molecular complexity index is 987. The second-order valence-electron chi connectivity index (χ2n) is 6.94. The summed E-state index contributed by atoms with van der Waals surface area (Å²) in [7, 11) is 1.56. The number of carbonyl (C=O) groups is 2. The number of nitrogens with one attached hydrogen (secondary N) is 1. The lowest BCUT2D eigenvalue weighted by Gasteiger charge is -2.31. The number of benzene rings is 1. The smallest absolute Gasteiger partial charge is 0.329 e. The van der Waals surface area contributed by atoms with Crippen LogP contribution in [-0.4, -0.2) is 40.3 Å². The Morgan fingerprint density at radius 2 is 1.90 bits per heavy atom. The zero-order valence-corrected chi connectivity index (χ0v) is 15.4. The number of rotatable bonds is 3. The van der Waals surface area contributed by atoms with Gasteiger partial charge in [-0.2, -0.15) is 13.2 Å². The van der Waals surface area contributed by atoms with Crippen molar-refractivity contribution in [3.8, 4) is 0 Å². The summed E-state index contributed by atoms with van der Waals surface area (Å²) in [5, 5.41) is 2.71. The summed E-state index contributed by atoms with van der Waals surface area (Å²) < 4.78 is 38.6. The molecule has 1 atom stereocenters. The zero-order valence-electron chi connectivity index (χ0n) is 15.4. The van der Waals surface area contributed by atoms with Crippen LogP contribution in [0.4, 0.5) is 18.0 Å². The highest BCUT2D eigenvalue weighted by molar-refractivity contribution is 6.01. The van der Waals surface area contributed by atoms with Crippen LogP contribution in [0.2, 0.25) is 0 Å². The highest BCUT2D eigenvalue weighted by atomic mass is 19.4. The van der Waals surface area contributed by atoms with E-state index in [0.717, 1.165) is 17.7 Å². The van der Waals surface area contributed by atoms with Crippen molar-refractivity contribution in [3.05, 3.63) is 76.8 Å². The van der Waals surface area contributed by atoms with Crippen LogP contribution in [0.15, 0.2) is 60.1 Å². The fourth-order valence-electron chi connectivity index (χ4n) is 3.58. The molecular weight excluding hydrogens is 385 g/mol. The molecule has 1 unspecified atom stereocenters. The number of pyridine rings is 1. The number of likely N-dealkylation sites (N-methyl/N-ethyl adjacent to an activating group) is 1. The molecule has 0 saturated heterocycles. The summed E-state index contributed by atoms with van der Waals surface area (Å²) in [4.78, 5) is 32.5. The first kappa shape index (κ1) is 19.0. The minimum Gasteiger partial charge on any atom is -0.329 e. The minimum atomic E-state index is -4.46. The molecule has 0 saturated carbocycles. The van der Waals surface area contributed by atoms with E-state index >= 15 is 0 Å². The molecule has 9 heteroatoms. The molecule has 0 bridgehead atoms. The van der Waals surface area contributed by atoms with Crippen molar-refractivity contribution in [1.29, 1.82) is 0 Å². The summed E-state index contributed by atoms with van der Waals surface area (Å²) in [6.07, 6.45) is -1.16. The first-order valence-electron chi connectivity index (χ1n) is 8.88. The third kappa shape index (κ3) is 3.43. The van der Waals surface area contributed by atoms with Crippen LogP contribution < -0.4 is 5.32 Å². The average Bonchev–Trinajstić information content (AvgIpc) is 3.02. The summed E-state index contributed by atoms with van der Waals surface area (Å²) in [5.41, 5.74) is 1.39. The maximum atomic E-state index is 13.1. The number of alkyl halides is 3. The lowest BCUT2D eigenvalue weighted by atomic mass is 9.95. The Morgan fingerprint density at radius 1 is 1.17 bits per heavy atom. The number of urea groups is 1. The summed E-state index contributed by atoms with van der Waals surface area (Å²) >= 11 is 0. The average molecular weight is 402 g/mol. The molecule has 150 valence electrons. The quantitative estimate of drug-likeness (QED) is 0.858. The third-order valence-corrected chi connectivity index (χ3v) is 5.10. The van der Waals surface area contributed by atoms with Gasteiger partial charge in [0.1, 0.15) is 0 Å². The van der Waals surface area contributed by atoms with Crippen molar-refractivity contribution in [1.82, 2.24) is 20.1 Å². The SMILES string of the molecule is CN1C(=O)NC(c2ccc(C(F)(F)F)cc2)C2=C1CN(Cc1cccnc1)C2=O. The van der Waals surface area contributed by atoms with Gasteiger partial charge in [0.2, 0.25) is 0 Å². The van der Waals surface area contributed by atoms with Gasteiger partial charge in [0, 0.05) is 26.0 Å². The van der Waals surface area contributed by atoms with E-state index < -0.39 is 23.8 Å². The van der Waals surface area contributed by atoms with Crippen molar-refractivity contribution >= 4 is 11.9 Å². The highest BCUT2D eigenvalue weighted by Crippen LogP contribution is 2.37. The largest absolute Gasteiger partial charge is 0.416 e. The van der Waals surface area contributed by atoms with Crippen LogP contribution >= 0.6 is 0 Å². The van der Waals surface area contributed by atoms with Gasteiger partial charge in [0.05, 0.1) is 29.4 Å². The van der Waals surface area contributed by atoms with Crippen LogP contribution in [0.3, 0.4) is 0 Å².